The Hall–Kier alpha value is -2.24. The summed E-state index contributed by atoms with van der Waals surface area (Å²) in [5, 5.41) is 3.40. The van der Waals surface area contributed by atoms with Crippen molar-refractivity contribution < 1.29 is 22.8 Å². The Morgan fingerprint density at radius 3 is 2.47 bits per heavy atom. The Balaban J connectivity index is 2.64. The second-order valence-electron chi connectivity index (χ2n) is 3.98. The molecule has 1 aromatic carbocycles. The molecule has 2 rings (SSSR count). The van der Waals surface area contributed by atoms with Crippen molar-refractivity contribution in [2.75, 3.05) is 7.11 Å². The fourth-order valence-electron chi connectivity index (χ4n) is 1.72. The number of esters is 1. The first kappa shape index (κ1) is 13.2. The number of carbonyl (C=O) groups excluding carboxylic acids is 1. The Labute approximate surface area is 108 Å². The average Bonchev–Trinajstić information content (AvgIpc) is 2.83. The third-order valence-electron chi connectivity index (χ3n) is 2.55. The molecule has 0 amide bonds. The Morgan fingerprint density at radius 2 is 1.95 bits per heavy atom. The molecule has 0 fully saturated rings. The van der Waals surface area contributed by atoms with Crippen LogP contribution in [-0.2, 0) is 10.7 Å². The van der Waals surface area contributed by atoms with Gasteiger partial charge in [0.25, 0.3) is 5.92 Å². The first-order valence-corrected chi connectivity index (χ1v) is 5.47. The lowest BCUT2D eigenvalue weighted by atomic mass is 10.0. The molecule has 100 valence electrons. The van der Waals surface area contributed by atoms with E-state index in [0.29, 0.717) is 12.5 Å². The molecule has 4 nitrogen and oxygen atoms in total. The second-order valence-corrected chi connectivity index (χ2v) is 3.98. The van der Waals surface area contributed by atoms with E-state index in [9.17, 15) is 13.6 Å². The molecule has 0 saturated heterocycles. The summed E-state index contributed by atoms with van der Waals surface area (Å²) in [6.07, 6.45) is 0. The lowest BCUT2D eigenvalue weighted by Gasteiger charge is -2.10. The number of methoxy groups -OCH3 is 1. The summed E-state index contributed by atoms with van der Waals surface area (Å²) in [7, 11) is 1.09. The molecule has 6 heteroatoms. The zero-order valence-electron chi connectivity index (χ0n) is 10.3. The minimum Gasteiger partial charge on any atom is -0.464 e. The van der Waals surface area contributed by atoms with Gasteiger partial charge >= 0.3 is 5.97 Å². The second kappa shape index (κ2) is 4.79. The molecule has 0 saturated carbocycles. The van der Waals surface area contributed by atoms with Gasteiger partial charge in [-0.25, -0.2) is 13.6 Å². The van der Waals surface area contributed by atoms with Crippen molar-refractivity contribution in [2.24, 2.45) is 0 Å². The van der Waals surface area contributed by atoms with Crippen LogP contribution < -0.4 is 0 Å². The van der Waals surface area contributed by atoms with Crippen LogP contribution in [0.5, 0.6) is 0 Å². The summed E-state index contributed by atoms with van der Waals surface area (Å²) in [6.45, 7) is 0.679. The van der Waals surface area contributed by atoms with Crippen LogP contribution in [-0.4, -0.2) is 18.2 Å². The highest BCUT2D eigenvalue weighted by atomic mass is 19.3. The third kappa shape index (κ3) is 2.47. The van der Waals surface area contributed by atoms with Gasteiger partial charge in [-0.05, 0) is 0 Å². The van der Waals surface area contributed by atoms with Gasteiger partial charge in [-0.15, -0.1) is 0 Å². The molecule has 0 spiro atoms. The maximum absolute atomic E-state index is 13.7. The van der Waals surface area contributed by atoms with Gasteiger partial charge < -0.3 is 9.26 Å². The highest BCUT2D eigenvalue weighted by molar-refractivity contribution is 5.91. The number of halogens is 2. The van der Waals surface area contributed by atoms with Crippen LogP contribution in [0.25, 0.3) is 11.3 Å². The highest BCUT2D eigenvalue weighted by Gasteiger charge is 2.38. The van der Waals surface area contributed by atoms with E-state index < -0.39 is 23.1 Å². The average molecular weight is 267 g/mol. The maximum atomic E-state index is 13.7. The molecule has 0 aliphatic heterocycles. The van der Waals surface area contributed by atoms with E-state index in [1.54, 1.807) is 30.3 Å². The molecule has 2 aromatic rings. The van der Waals surface area contributed by atoms with Crippen LogP contribution in [0.15, 0.2) is 34.9 Å². The van der Waals surface area contributed by atoms with Gasteiger partial charge in [0.2, 0.25) is 5.69 Å². The van der Waals surface area contributed by atoms with Crippen molar-refractivity contribution in [3.8, 4) is 11.3 Å². The number of ether oxygens (including phenoxy) is 1. The number of rotatable bonds is 3. The standard InChI is InChI=1S/C13H11F2NO3/c1-13(14,15)9-10(12(17)18-2)16-19-11(9)8-6-4-3-5-7-8/h3-7H,1-2H3. The topological polar surface area (TPSA) is 52.3 Å². The zero-order valence-corrected chi connectivity index (χ0v) is 10.3. The van der Waals surface area contributed by atoms with Crippen molar-refractivity contribution in [3.05, 3.63) is 41.6 Å². The first-order valence-electron chi connectivity index (χ1n) is 5.47. The van der Waals surface area contributed by atoms with Crippen molar-refractivity contribution in [3.63, 3.8) is 0 Å². The van der Waals surface area contributed by atoms with E-state index in [1.165, 1.54) is 0 Å². The molecule has 0 atom stereocenters. The van der Waals surface area contributed by atoms with Gasteiger partial charge in [0.05, 0.1) is 7.11 Å². The Bertz CT molecular complexity index is 588. The van der Waals surface area contributed by atoms with Crippen molar-refractivity contribution >= 4 is 5.97 Å². The van der Waals surface area contributed by atoms with Crippen LogP contribution in [0.4, 0.5) is 8.78 Å². The zero-order chi connectivity index (χ0) is 14.0. The van der Waals surface area contributed by atoms with Crippen molar-refractivity contribution in [1.82, 2.24) is 5.16 Å². The largest absolute Gasteiger partial charge is 0.464 e. The summed E-state index contributed by atoms with van der Waals surface area (Å²) < 4.78 is 36.7. The molecule has 19 heavy (non-hydrogen) atoms. The van der Waals surface area contributed by atoms with E-state index in [-0.39, 0.29) is 5.76 Å². The SMILES string of the molecule is COC(=O)c1noc(-c2ccccc2)c1C(C)(F)F. The van der Waals surface area contributed by atoms with Gasteiger partial charge in [0, 0.05) is 12.5 Å². The van der Waals surface area contributed by atoms with Gasteiger partial charge in [0.15, 0.2) is 5.76 Å². The number of aromatic nitrogens is 1. The quantitative estimate of drug-likeness (QED) is 0.801. The maximum Gasteiger partial charge on any atom is 0.360 e. The number of hydrogen-bond acceptors (Lipinski definition) is 4. The fraction of sp³-hybridized carbons (Fsp3) is 0.231. The molecule has 0 unspecified atom stereocenters. The van der Waals surface area contributed by atoms with Crippen LogP contribution in [0, 0.1) is 0 Å². The summed E-state index contributed by atoms with van der Waals surface area (Å²) in [5.41, 5.74) is -0.652. The molecule has 0 N–H and O–H groups in total. The number of hydrogen-bond donors (Lipinski definition) is 0. The predicted octanol–water partition coefficient (Wildman–Crippen LogP) is 3.24. The molecule has 0 aliphatic rings. The fourth-order valence-corrected chi connectivity index (χ4v) is 1.72. The van der Waals surface area contributed by atoms with Gasteiger partial charge in [-0.2, -0.15) is 0 Å². The normalized spacial score (nSPS) is 11.4. The van der Waals surface area contributed by atoms with Gasteiger partial charge in [-0.1, -0.05) is 35.5 Å². The van der Waals surface area contributed by atoms with E-state index >= 15 is 0 Å². The molecule has 1 heterocycles. The van der Waals surface area contributed by atoms with Crippen LogP contribution in [0.3, 0.4) is 0 Å². The van der Waals surface area contributed by atoms with E-state index in [2.05, 4.69) is 9.89 Å². The minimum absolute atomic E-state index is 0.131. The molecule has 1 aromatic heterocycles. The summed E-state index contributed by atoms with van der Waals surface area (Å²) in [6, 6.07) is 8.28. The summed E-state index contributed by atoms with van der Waals surface area (Å²) >= 11 is 0. The number of nitrogens with zero attached hydrogens (tertiary/aromatic N) is 1. The molecular formula is C13H11F2NO3. The molecule has 0 aliphatic carbocycles. The van der Waals surface area contributed by atoms with Crippen LogP contribution in [0.1, 0.15) is 23.0 Å². The summed E-state index contributed by atoms with van der Waals surface area (Å²) in [4.78, 5) is 11.4. The van der Waals surface area contributed by atoms with Crippen molar-refractivity contribution in [1.29, 1.82) is 0 Å². The predicted molar refractivity (Wildman–Crippen MR) is 62.8 cm³/mol. The van der Waals surface area contributed by atoms with E-state index in [0.717, 1.165) is 7.11 Å². The van der Waals surface area contributed by atoms with E-state index in [1.807, 2.05) is 0 Å². The smallest absolute Gasteiger partial charge is 0.360 e. The highest BCUT2D eigenvalue weighted by Crippen LogP contribution is 2.38. The Kier molecular flexibility index (Phi) is 3.33. The lowest BCUT2D eigenvalue weighted by Crippen LogP contribution is -2.15. The summed E-state index contributed by atoms with van der Waals surface area (Å²) in [5.74, 6) is -4.36. The van der Waals surface area contributed by atoms with Crippen LogP contribution in [0.2, 0.25) is 0 Å². The first-order chi connectivity index (χ1) is 8.95. The van der Waals surface area contributed by atoms with Crippen LogP contribution >= 0.6 is 0 Å². The third-order valence-corrected chi connectivity index (χ3v) is 2.55. The van der Waals surface area contributed by atoms with Gasteiger partial charge in [-0.3, -0.25) is 0 Å². The molecule has 0 bridgehead atoms. The van der Waals surface area contributed by atoms with Crippen molar-refractivity contribution in [2.45, 2.75) is 12.8 Å². The number of benzene rings is 1. The number of alkyl halides is 2. The monoisotopic (exact) mass is 267 g/mol. The Morgan fingerprint density at radius 1 is 1.32 bits per heavy atom. The van der Waals surface area contributed by atoms with Gasteiger partial charge in [0.1, 0.15) is 5.56 Å². The molecule has 0 radical (unpaired) electrons. The number of carbonyl (C=O) groups is 1. The van der Waals surface area contributed by atoms with E-state index in [4.69, 9.17) is 4.52 Å². The minimum atomic E-state index is -3.27. The molecular weight excluding hydrogens is 256 g/mol. The lowest BCUT2D eigenvalue weighted by molar-refractivity contribution is 0.0152.